The predicted octanol–water partition coefficient (Wildman–Crippen LogP) is 3.82. The quantitative estimate of drug-likeness (QED) is 0.490. The lowest BCUT2D eigenvalue weighted by molar-refractivity contribution is 0.0417. The van der Waals surface area contributed by atoms with Crippen molar-refractivity contribution in [1.82, 2.24) is 29.5 Å². The van der Waals surface area contributed by atoms with Crippen LogP contribution in [-0.2, 0) is 0 Å². The van der Waals surface area contributed by atoms with Gasteiger partial charge in [-0.3, -0.25) is 4.90 Å². The summed E-state index contributed by atoms with van der Waals surface area (Å²) in [6, 6.07) is 18.7. The maximum Gasteiger partial charge on any atom is 0.164 e. The van der Waals surface area contributed by atoms with E-state index in [9.17, 15) is 0 Å². The largest absolute Gasteiger partial charge is 0.457 e. The van der Waals surface area contributed by atoms with Crippen molar-refractivity contribution in [2.24, 2.45) is 0 Å². The molecule has 0 spiro atoms. The highest BCUT2D eigenvalue weighted by atomic mass is 16.5. The van der Waals surface area contributed by atoms with E-state index in [0.717, 1.165) is 72.8 Å². The molecule has 8 heteroatoms. The van der Waals surface area contributed by atoms with Crippen molar-refractivity contribution in [3.05, 3.63) is 60.9 Å². The van der Waals surface area contributed by atoms with E-state index in [-0.39, 0.29) is 0 Å². The van der Waals surface area contributed by atoms with Crippen LogP contribution in [0, 0.1) is 0 Å². The molecule has 2 fully saturated rings. The first-order valence-corrected chi connectivity index (χ1v) is 11.9. The smallest absolute Gasteiger partial charge is 0.164 e. The minimum atomic E-state index is 0.330. The van der Waals surface area contributed by atoms with Gasteiger partial charge in [0.25, 0.3) is 0 Å². The van der Waals surface area contributed by atoms with Gasteiger partial charge >= 0.3 is 0 Å². The summed E-state index contributed by atoms with van der Waals surface area (Å²) >= 11 is 0. The van der Waals surface area contributed by atoms with Gasteiger partial charge in [0.2, 0.25) is 0 Å². The fraction of sp³-hybridized carbons (Fsp3) is 0.346. The Morgan fingerprint density at radius 2 is 1.56 bits per heavy atom. The topological polar surface area (TPSA) is 85.3 Å². The second kappa shape index (κ2) is 8.70. The molecule has 0 atom stereocenters. The highest BCUT2D eigenvalue weighted by Gasteiger charge is 2.37. The average molecular weight is 456 g/mol. The van der Waals surface area contributed by atoms with Crippen LogP contribution < -0.4 is 10.5 Å². The Labute approximate surface area is 199 Å². The van der Waals surface area contributed by atoms with Gasteiger partial charge in [-0.25, -0.2) is 14.6 Å². The molecule has 8 nitrogen and oxygen atoms in total. The highest BCUT2D eigenvalue weighted by molar-refractivity contribution is 5.98. The summed E-state index contributed by atoms with van der Waals surface area (Å²) in [4.78, 5) is 13.9. The summed E-state index contributed by atoms with van der Waals surface area (Å²) in [5.41, 5.74) is 8.92. The first-order valence-electron chi connectivity index (χ1n) is 11.9. The third-order valence-corrected chi connectivity index (χ3v) is 7.11. The monoisotopic (exact) mass is 455 g/mol. The first-order chi connectivity index (χ1) is 16.7. The van der Waals surface area contributed by atoms with E-state index in [1.807, 2.05) is 54.6 Å². The fourth-order valence-corrected chi connectivity index (χ4v) is 5.00. The van der Waals surface area contributed by atoms with E-state index >= 15 is 0 Å². The zero-order valence-electron chi connectivity index (χ0n) is 19.3. The van der Waals surface area contributed by atoms with Gasteiger partial charge < -0.3 is 15.4 Å². The van der Waals surface area contributed by atoms with Gasteiger partial charge in [-0.2, -0.15) is 5.10 Å². The Bertz CT molecular complexity index is 1270. The summed E-state index contributed by atoms with van der Waals surface area (Å²) in [5.74, 6) is 2.05. The van der Waals surface area contributed by atoms with Crippen molar-refractivity contribution >= 4 is 16.9 Å². The SMILES string of the molecule is CN1CCN(C2CC(n3nc(-c4ccc(Oc5ccccc5)cc4)c4c(N)ncnc43)C2)CC1. The molecule has 0 amide bonds. The van der Waals surface area contributed by atoms with Crippen LogP contribution in [0.1, 0.15) is 18.9 Å². The molecular weight excluding hydrogens is 426 g/mol. The highest BCUT2D eigenvalue weighted by Crippen LogP contribution is 2.40. The summed E-state index contributed by atoms with van der Waals surface area (Å²) in [6.45, 7) is 4.57. The molecule has 2 aromatic carbocycles. The number of hydrogen-bond donors (Lipinski definition) is 1. The first kappa shape index (κ1) is 21.1. The third-order valence-electron chi connectivity index (χ3n) is 7.11. The number of nitrogens with two attached hydrogens (primary N) is 1. The maximum absolute atomic E-state index is 6.31. The normalized spacial score (nSPS) is 21.4. The van der Waals surface area contributed by atoms with Gasteiger partial charge in [0.1, 0.15) is 29.3 Å². The zero-order valence-corrected chi connectivity index (χ0v) is 19.3. The minimum Gasteiger partial charge on any atom is -0.457 e. The summed E-state index contributed by atoms with van der Waals surface area (Å²) < 4.78 is 8.02. The molecule has 0 unspecified atom stereocenters. The lowest BCUT2D eigenvalue weighted by atomic mass is 9.85. The number of nitrogens with zero attached hydrogens (tertiary/aromatic N) is 6. The fourth-order valence-electron chi connectivity index (χ4n) is 5.00. The molecule has 6 rings (SSSR count). The lowest BCUT2D eigenvalue weighted by Crippen LogP contribution is -2.53. The second-order valence-corrected chi connectivity index (χ2v) is 9.31. The number of likely N-dealkylation sites (N-methyl/N-ethyl adjacent to an activating group) is 1. The van der Waals surface area contributed by atoms with E-state index in [0.29, 0.717) is 17.9 Å². The molecule has 2 N–H and O–H groups in total. The van der Waals surface area contributed by atoms with Crippen molar-refractivity contribution in [3.63, 3.8) is 0 Å². The number of ether oxygens (including phenoxy) is 1. The Morgan fingerprint density at radius 1 is 0.853 bits per heavy atom. The third kappa shape index (κ3) is 3.89. The Balaban J connectivity index is 1.25. The molecule has 4 aromatic rings. The number of para-hydroxylation sites is 1. The molecular formula is C26H29N7O. The zero-order chi connectivity index (χ0) is 23.1. The van der Waals surface area contributed by atoms with E-state index in [4.69, 9.17) is 15.6 Å². The van der Waals surface area contributed by atoms with E-state index in [2.05, 4.69) is 31.5 Å². The van der Waals surface area contributed by atoms with Crippen LogP contribution in [0.25, 0.3) is 22.3 Å². The van der Waals surface area contributed by atoms with Gasteiger partial charge in [-0.1, -0.05) is 18.2 Å². The summed E-state index contributed by atoms with van der Waals surface area (Å²) in [5, 5.41) is 5.84. The standard InChI is InChI=1S/C26H29N7O/c1-31-11-13-32(14-12-31)19-15-20(16-19)33-26-23(25(27)28-17-29-26)24(30-33)18-7-9-22(10-8-18)34-21-5-3-2-4-6-21/h2-10,17,19-20H,11-16H2,1H3,(H2,27,28,29). The van der Waals surface area contributed by atoms with Crippen LogP contribution in [0.15, 0.2) is 60.9 Å². The second-order valence-electron chi connectivity index (χ2n) is 9.31. The molecule has 0 bridgehead atoms. The van der Waals surface area contributed by atoms with Crippen LogP contribution >= 0.6 is 0 Å². The summed E-state index contributed by atoms with van der Waals surface area (Å²) in [7, 11) is 2.20. The summed E-state index contributed by atoms with van der Waals surface area (Å²) in [6.07, 6.45) is 3.72. The van der Waals surface area contributed by atoms with Crippen LogP contribution in [-0.4, -0.2) is 68.8 Å². The molecule has 34 heavy (non-hydrogen) atoms. The molecule has 2 aliphatic rings. The number of hydrogen-bond acceptors (Lipinski definition) is 7. The number of piperazine rings is 1. The Hall–Kier alpha value is -3.49. The number of fused-ring (bicyclic) bond motifs is 1. The van der Waals surface area contributed by atoms with Gasteiger partial charge in [0, 0.05) is 37.8 Å². The maximum atomic E-state index is 6.31. The van der Waals surface area contributed by atoms with E-state index in [1.165, 1.54) is 6.33 Å². The van der Waals surface area contributed by atoms with E-state index < -0.39 is 0 Å². The minimum absolute atomic E-state index is 0.330. The van der Waals surface area contributed by atoms with Crippen LogP contribution in [0.4, 0.5) is 5.82 Å². The molecule has 1 aliphatic heterocycles. The Kier molecular flexibility index (Phi) is 5.39. The van der Waals surface area contributed by atoms with E-state index in [1.54, 1.807) is 0 Å². The molecule has 1 saturated heterocycles. The van der Waals surface area contributed by atoms with Gasteiger partial charge in [-0.15, -0.1) is 0 Å². The molecule has 1 aliphatic carbocycles. The number of benzene rings is 2. The number of nitrogen functional groups attached to an aromatic ring is 1. The molecule has 3 heterocycles. The number of anilines is 1. The van der Waals surface area contributed by atoms with Crippen molar-refractivity contribution in [1.29, 1.82) is 0 Å². The van der Waals surface area contributed by atoms with Crippen LogP contribution in [0.5, 0.6) is 11.5 Å². The van der Waals surface area contributed by atoms with Crippen LogP contribution in [0.3, 0.4) is 0 Å². The van der Waals surface area contributed by atoms with Crippen molar-refractivity contribution in [2.45, 2.75) is 24.9 Å². The molecule has 174 valence electrons. The molecule has 0 radical (unpaired) electrons. The van der Waals surface area contributed by atoms with Gasteiger partial charge in [0.05, 0.1) is 11.4 Å². The van der Waals surface area contributed by atoms with Crippen molar-refractivity contribution in [3.8, 4) is 22.8 Å². The number of rotatable bonds is 5. The Morgan fingerprint density at radius 3 is 2.29 bits per heavy atom. The van der Waals surface area contributed by atoms with Crippen LogP contribution in [0.2, 0.25) is 0 Å². The van der Waals surface area contributed by atoms with Crippen molar-refractivity contribution < 1.29 is 4.74 Å². The lowest BCUT2D eigenvalue weighted by Gasteiger charge is -2.45. The predicted molar refractivity (Wildman–Crippen MR) is 133 cm³/mol. The number of aromatic nitrogens is 4. The van der Waals surface area contributed by atoms with Crippen molar-refractivity contribution in [2.75, 3.05) is 39.0 Å². The average Bonchev–Trinajstić information content (AvgIpc) is 3.21. The molecule has 1 saturated carbocycles. The van der Waals surface area contributed by atoms with Gasteiger partial charge in [-0.05, 0) is 56.3 Å². The van der Waals surface area contributed by atoms with Gasteiger partial charge in [0.15, 0.2) is 5.65 Å². The molecule has 2 aromatic heterocycles.